The van der Waals surface area contributed by atoms with Crippen molar-refractivity contribution in [2.45, 2.75) is 9.24 Å². The number of carbonyl (C=O) groups excluding carboxylic acids is 1. The van der Waals surface area contributed by atoms with E-state index in [1.54, 1.807) is 23.1 Å². The van der Waals surface area contributed by atoms with Gasteiger partial charge in [-0.1, -0.05) is 39.8 Å². The first-order valence-corrected chi connectivity index (χ1v) is 7.97. The van der Waals surface area contributed by atoms with Gasteiger partial charge in [0.25, 0.3) is 0 Å². The van der Waals surface area contributed by atoms with Crippen LogP contribution in [0.5, 0.6) is 0 Å². The van der Waals surface area contributed by atoms with Crippen LogP contribution in [0.1, 0.15) is 10.4 Å². The number of benzene rings is 2. The van der Waals surface area contributed by atoms with Gasteiger partial charge in [-0.15, -0.1) is 11.3 Å². The Morgan fingerprint density at radius 3 is 2.79 bits per heavy atom. The Hall–Kier alpha value is -1.17. The Labute approximate surface area is 127 Å². The van der Waals surface area contributed by atoms with Gasteiger partial charge in [-0.05, 0) is 30.3 Å². The third-order valence-corrected chi connectivity index (χ3v) is 5.35. The quantitative estimate of drug-likeness (QED) is 0.621. The van der Waals surface area contributed by atoms with Crippen molar-refractivity contribution < 1.29 is 4.79 Å². The molecular formula is C14H8BrNOS2. The molecule has 1 heterocycles. The summed E-state index contributed by atoms with van der Waals surface area (Å²) >= 11 is 6.68. The van der Waals surface area contributed by atoms with Crippen LogP contribution in [0.2, 0.25) is 0 Å². The standard InChI is InChI=1S/C14H8BrNOS2/c15-11-7-10(6-5-9(11)8-17)18-14-16-12-3-1-2-4-13(12)19-14/h1-8H. The molecule has 0 atom stereocenters. The number of hydrogen-bond donors (Lipinski definition) is 0. The van der Waals surface area contributed by atoms with Crippen molar-refractivity contribution in [2.75, 3.05) is 0 Å². The van der Waals surface area contributed by atoms with Crippen LogP contribution in [-0.2, 0) is 0 Å². The average molecular weight is 350 g/mol. The van der Waals surface area contributed by atoms with Gasteiger partial charge in [0.2, 0.25) is 0 Å². The van der Waals surface area contributed by atoms with Crippen LogP contribution in [-0.4, -0.2) is 11.3 Å². The van der Waals surface area contributed by atoms with E-state index in [1.165, 1.54) is 4.70 Å². The molecular weight excluding hydrogens is 342 g/mol. The molecule has 0 aliphatic heterocycles. The molecule has 0 aliphatic rings. The van der Waals surface area contributed by atoms with E-state index < -0.39 is 0 Å². The number of thiazole rings is 1. The predicted molar refractivity (Wildman–Crippen MR) is 83.3 cm³/mol. The van der Waals surface area contributed by atoms with Gasteiger partial charge in [0, 0.05) is 14.9 Å². The minimum Gasteiger partial charge on any atom is -0.298 e. The van der Waals surface area contributed by atoms with Crippen molar-refractivity contribution in [1.82, 2.24) is 4.98 Å². The minimum absolute atomic E-state index is 0.661. The highest BCUT2D eigenvalue weighted by Crippen LogP contribution is 2.35. The number of aromatic nitrogens is 1. The number of carbonyl (C=O) groups is 1. The van der Waals surface area contributed by atoms with Crippen LogP contribution in [0.15, 0.2) is 56.2 Å². The first-order chi connectivity index (χ1) is 9.26. The number of halogens is 1. The Morgan fingerprint density at radius 1 is 1.21 bits per heavy atom. The molecule has 0 bridgehead atoms. The summed E-state index contributed by atoms with van der Waals surface area (Å²) in [5, 5.41) is 0. The van der Waals surface area contributed by atoms with E-state index >= 15 is 0 Å². The Kier molecular flexibility index (Phi) is 3.68. The highest BCUT2D eigenvalue weighted by molar-refractivity contribution is 9.10. The van der Waals surface area contributed by atoms with E-state index in [1.807, 2.05) is 36.4 Å². The Bertz CT molecular complexity index is 721. The molecule has 2 nitrogen and oxygen atoms in total. The lowest BCUT2D eigenvalue weighted by Gasteiger charge is -2.00. The van der Waals surface area contributed by atoms with Crippen LogP contribution < -0.4 is 0 Å². The van der Waals surface area contributed by atoms with Crippen molar-refractivity contribution in [3.05, 3.63) is 52.5 Å². The van der Waals surface area contributed by atoms with Gasteiger partial charge in [0.05, 0.1) is 10.2 Å². The van der Waals surface area contributed by atoms with Crippen LogP contribution in [0.25, 0.3) is 10.2 Å². The maximum atomic E-state index is 10.8. The zero-order valence-electron chi connectivity index (χ0n) is 9.67. The summed E-state index contributed by atoms with van der Waals surface area (Å²) in [6.07, 6.45) is 0.843. The normalized spacial score (nSPS) is 10.8. The SMILES string of the molecule is O=Cc1ccc(Sc2nc3ccccc3s2)cc1Br. The summed E-state index contributed by atoms with van der Waals surface area (Å²) in [5.74, 6) is 0. The van der Waals surface area contributed by atoms with Crippen LogP contribution >= 0.6 is 39.0 Å². The second kappa shape index (κ2) is 5.45. The molecule has 0 amide bonds. The molecule has 0 fully saturated rings. The fourth-order valence-corrected chi connectivity index (χ4v) is 4.37. The van der Waals surface area contributed by atoms with Gasteiger partial charge in [0.15, 0.2) is 10.6 Å². The zero-order chi connectivity index (χ0) is 13.2. The zero-order valence-corrected chi connectivity index (χ0v) is 12.9. The maximum Gasteiger partial charge on any atom is 0.155 e. The summed E-state index contributed by atoms with van der Waals surface area (Å²) in [6, 6.07) is 13.8. The molecule has 94 valence electrons. The van der Waals surface area contributed by atoms with Crippen molar-refractivity contribution in [3.63, 3.8) is 0 Å². The number of aldehydes is 1. The molecule has 0 spiro atoms. The third-order valence-electron chi connectivity index (χ3n) is 2.58. The molecule has 0 N–H and O–H groups in total. The Morgan fingerprint density at radius 2 is 2.05 bits per heavy atom. The van der Waals surface area contributed by atoms with E-state index in [9.17, 15) is 4.79 Å². The summed E-state index contributed by atoms with van der Waals surface area (Å²) in [6.45, 7) is 0. The van der Waals surface area contributed by atoms with E-state index in [-0.39, 0.29) is 0 Å². The summed E-state index contributed by atoms with van der Waals surface area (Å²) in [7, 11) is 0. The highest BCUT2D eigenvalue weighted by Gasteiger charge is 2.07. The van der Waals surface area contributed by atoms with E-state index in [4.69, 9.17) is 0 Å². The van der Waals surface area contributed by atoms with E-state index in [2.05, 4.69) is 27.0 Å². The summed E-state index contributed by atoms with van der Waals surface area (Å²) < 4.78 is 3.01. The van der Waals surface area contributed by atoms with Crippen LogP contribution in [0, 0.1) is 0 Å². The van der Waals surface area contributed by atoms with Gasteiger partial charge in [-0.2, -0.15) is 0 Å². The molecule has 3 rings (SSSR count). The number of rotatable bonds is 3. The molecule has 0 aliphatic carbocycles. The smallest absolute Gasteiger partial charge is 0.155 e. The number of hydrogen-bond acceptors (Lipinski definition) is 4. The van der Waals surface area contributed by atoms with Crippen molar-refractivity contribution in [2.24, 2.45) is 0 Å². The molecule has 0 unspecified atom stereocenters. The summed E-state index contributed by atoms with van der Waals surface area (Å²) in [5.41, 5.74) is 1.69. The van der Waals surface area contributed by atoms with Crippen molar-refractivity contribution >= 4 is 55.5 Å². The number of nitrogens with zero attached hydrogens (tertiary/aromatic N) is 1. The molecule has 0 saturated carbocycles. The first-order valence-electron chi connectivity index (χ1n) is 5.54. The molecule has 2 aromatic carbocycles. The second-order valence-electron chi connectivity index (χ2n) is 3.85. The van der Waals surface area contributed by atoms with Crippen molar-refractivity contribution in [1.29, 1.82) is 0 Å². The summed E-state index contributed by atoms with van der Waals surface area (Å²) in [4.78, 5) is 16.4. The fourth-order valence-electron chi connectivity index (χ4n) is 1.66. The topological polar surface area (TPSA) is 30.0 Å². The van der Waals surface area contributed by atoms with Gasteiger partial charge in [-0.25, -0.2) is 4.98 Å². The largest absolute Gasteiger partial charge is 0.298 e. The molecule has 5 heteroatoms. The second-order valence-corrected chi connectivity index (χ2v) is 7.06. The lowest BCUT2D eigenvalue weighted by atomic mass is 10.2. The highest BCUT2D eigenvalue weighted by atomic mass is 79.9. The van der Waals surface area contributed by atoms with Gasteiger partial charge in [0.1, 0.15) is 0 Å². The monoisotopic (exact) mass is 349 g/mol. The molecule has 3 aromatic rings. The van der Waals surface area contributed by atoms with Crippen molar-refractivity contribution in [3.8, 4) is 0 Å². The fraction of sp³-hybridized carbons (Fsp3) is 0. The number of fused-ring (bicyclic) bond motifs is 1. The maximum absolute atomic E-state index is 10.8. The van der Waals surface area contributed by atoms with Gasteiger partial charge >= 0.3 is 0 Å². The molecule has 19 heavy (non-hydrogen) atoms. The van der Waals surface area contributed by atoms with E-state index in [0.29, 0.717) is 5.56 Å². The molecule has 0 radical (unpaired) electrons. The minimum atomic E-state index is 0.661. The first kappa shape index (κ1) is 12.8. The average Bonchev–Trinajstić information content (AvgIpc) is 2.81. The molecule has 1 aromatic heterocycles. The predicted octanol–water partition coefficient (Wildman–Crippen LogP) is 5.02. The van der Waals surface area contributed by atoms with E-state index in [0.717, 1.165) is 25.5 Å². The lowest BCUT2D eigenvalue weighted by Crippen LogP contribution is -1.82. The van der Waals surface area contributed by atoms with Gasteiger partial charge < -0.3 is 0 Å². The van der Waals surface area contributed by atoms with Crippen LogP contribution in [0.4, 0.5) is 0 Å². The number of para-hydroxylation sites is 1. The Balaban J connectivity index is 1.92. The molecule has 0 saturated heterocycles. The third kappa shape index (κ3) is 2.73. The van der Waals surface area contributed by atoms with Crippen LogP contribution in [0.3, 0.4) is 0 Å². The van der Waals surface area contributed by atoms with Gasteiger partial charge in [-0.3, -0.25) is 4.79 Å². The lowest BCUT2D eigenvalue weighted by molar-refractivity contribution is 0.112.